The van der Waals surface area contributed by atoms with Crippen molar-refractivity contribution >= 4 is 0 Å². The first-order chi connectivity index (χ1) is 6.97. The van der Waals surface area contributed by atoms with Gasteiger partial charge in [-0.25, -0.2) is 0 Å². The number of ether oxygens (including phenoxy) is 1. The van der Waals surface area contributed by atoms with Gasteiger partial charge < -0.3 is 4.74 Å². The normalized spacial score (nSPS) is 53.2. The van der Waals surface area contributed by atoms with Gasteiger partial charge in [0.05, 0.1) is 13.3 Å². The fourth-order valence-electron chi connectivity index (χ4n) is 4.56. The highest BCUT2D eigenvalue weighted by Crippen LogP contribution is 2.66. The molecule has 0 radical (unpaired) electrons. The zero-order valence-corrected chi connectivity index (χ0v) is 10.4. The first-order valence-electron chi connectivity index (χ1n) is 6.26. The Labute approximate surface area is 93.0 Å². The lowest BCUT2D eigenvalue weighted by Gasteiger charge is -2.70. The van der Waals surface area contributed by atoms with Crippen molar-refractivity contribution in [2.75, 3.05) is 20.4 Å². The summed E-state index contributed by atoms with van der Waals surface area (Å²) in [5, 5.41) is 0. The molecular weight excluding hydrogens is 186 g/mol. The van der Waals surface area contributed by atoms with Gasteiger partial charge >= 0.3 is 0 Å². The third-order valence-electron chi connectivity index (χ3n) is 6.00. The van der Waals surface area contributed by atoms with E-state index in [0.29, 0.717) is 11.0 Å². The summed E-state index contributed by atoms with van der Waals surface area (Å²) in [5.74, 6) is 2.60. The molecule has 4 fully saturated rings. The molecule has 1 aliphatic heterocycles. The quantitative estimate of drug-likeness (QED) is 0.607. The molecule has 0 aromatic heterocycles. The van der Waals surface area contributed by atoms with Gasteiger partial charge in [-0.1, -0.05) is 13.8 Å². The van der Waals surface area contributed by atoms with Crippen molar-refractivity contribution in [1.82, 2.24) is 4.90 Å². The molecule has 2 nitrogen and oxygen atoms in total. The van der Waals surface area contributed by atoms with Crippen molar-refractivity contribution in [2.24, 2.45) is 23.2 Å². The second-order valence-electron chi connectivity index (χ2n) is 6.66. The van der Waals surface area contributed by atoms with E-state index in [0.717, 1.165) is 31.1 Å². The van der Waals surface area contributed by atoms with Gasteiger partial charge in [0.25, 0.3) is 0 Å². The standard InChI is InChI=1S/C13H23NO/c1-12(2)9-5-10-7-15-8-14(4)13(10,3)11(12)6-9/h9-11H,5-8H2,1-4H3/t9-,10+,11+,13-/m0/s1. The molecule has 0 N–H and O–H groups in total. The van der Waals surface area contributed by atoms with Gasteiger partial charge in [-0.3, -0.25) is 4.90 Å². The van der Waals surface area contributed by atoms with E-state index in [-0.39, 0.29) is 0 Å². The fourth-order valence-corrected chi connectivity index (χ4v) is 4.56. The summed E-state index contributed by atoms with van der Waals surface area (Å²) in [6, 6.07) is 0. The molecule has 4 atom stereocenters. The molecule has 1 saturated heterocycles. The van der Waals surface area contributed by atoms with E-state index >= 15 is 0 Å². The Hall–Kier alpha value is -0.0800. The van der Waals surface area contributed by atoms with Crippen LogP contribution in [0.2, 0.25) is 0 Å². The molecule has 3 aliphatic carbocycles. The van der Waals surface area contributed by atoms with Gasteiger partial charge in [-0.15, -0.1) is 0 Å². The number of nitrogens with zero attached hydrogens (tertiary/aromatic N) is 1. The third-order valence-corrected chi connectivity index (χ3v) is 6.00. The molecule has 2 heteroatoms. The van der Waals surface area contributed by atoms with E-state index in [1.54, 1.807) is 0 Å². The topological polar surface area (TPSA) is 12.5 Å². The van der Waals surface area contributed by atoms with Crippen molar-refractivity contribution < 1.29 is 4.74 Å². The van der Waals surface area contributed by atoms with Crippen LogP contribution < -0.4 is 0 Å². The van der Waals surface area contributed by atoms with Crippen LogP contribution in [0.5, 0.6) is 0 Å². The highest BCUT2D eigenvalue weighted by atomic mass is 16.5. The van der Waals surface area contributed by atoms with Gasteiger partial charge in [0.2, 0.25) is 0 Å². The maximum Gasteiger partial charge on any atom is 0.0992 e. The number of rotatable bonds is 0. The molecule has 1 heterocycles. The Balaban J connectivity index is 1.96. The third kappa shape index (κ3) is 1.03. The van der Waals surface area contributed by atoms with Gasteiger partial charge in [-0.2, -0.15) is 0 Å². The average molecular weight is 209 g/mol. The monoisotopic (exact) mass is 209 g/mol. The SMILES string of the molecule is CN1COC[C@H]2C[C@H]3C[C@H](C3(C)C)[C@]21C. The van der Waals surface area contributed by atoms with Gasteiger partial charge in [0, 0.05) is 11.5 Å². The molecule has 2 bridgehead atoms. The van der Waals surface area contributed by atoms with E-state index in [1.165, 1.54) is 12.8 Å². The van der Waals surface area contributed by atoms with Gasteiger partial charge in [-0.05, 0) is 44.1 Å². The maximum atomic E-state index is 5.68. The second-order valence-corrected chi connectivity index (χ2v) is 6.66. The van der Waals surface area contributed by atoms with Crippen molar-refractivity contribution in [3.8, 4) is 0 Å². The second kappa shape index (κ2) is 2.78. The van der Waals surface area contributed by atoms with E-state index < -0.39 is 0 Å². The summed E-state index contributed by atoms with van der Waals surface area (Å²) >= 11 is 0. The van der Waals surface area contributed by atoms with E-state index in [9.17, 15) is 0 Å². The molecule has 0 aromatic rings. The van der Waals surface area contributed by atoms with Crippen LogP contribution in [0, 0.1) is 23.2 Å². The lowest BCUT2D eigenvalue weighted by Crippen LogP contribution is -2.72. The Morgan fingerprint density at radius 3 is 2.53 bits per heavy atom. The van der Waals surface area contributed by atoms with Crippen LogP contribution in [0.1, 0.15) is 33.6 Å². The molecule has 0 amide bonds. The first-order valence-corrected chi connectivity index (χ1v) is 6.26. The molecule has 0 aromatic carbocycles. The molecule has 4 rings (SSSR count). The molecule has 0 spiro atoms. The van der Waals surface area contributed by atoms with Crippen LogP contribution in [0.25, 0.3) is 0 Å². The predicted molar refractivity (Wildman–Crippen MR) is 60.5 cm³/mol. The summed E-state index contributed by atoms with van der Waals surface area (Å²) in [5.41, 5.74) is 0.966. The summed E-state index contributed by atoms with van der Waals surface area (Å²) < 4.78 is 5.68. The molecule has 15 heavy (non-hydrogen) atoms. The average Bonchev–Trinajstić information content (AvgIpc) is 2.18. The summed E-state index contributed by atoms with van der Waals surface area (Å²) in [4.78, 5) is 2.46. The minimum atomic E-state index is 0.399. The van der Waals surface area contributed by atoms with Crippen LogP contribution in [-0.2, 0) is 4.74 Å². The maximum absolute atomic E-state index is 5.68. The van der Waals surface area contributed by atoms with E-state index in [1.807, 2.05) is 0 Å². The van der Waals surface area contributed by atoms with E-state index in [2.05, 4.69) is 32.7 Å². The van der Waals surface area contributed by atoms with Crippen LogP contribution in [0.4, 0.5) is 0 Å². The Morgan fingerprint density at radius 2 is 1.87 bits per heavy atom. The fraction of sp³-hybridized carbons (Fsp3) is 1.00. The van der Waals surface area contributed by atoms with Crippen LogP contribution >= 0.6 is 0 Å². The van der Waals surface area contributed by atoms with Gasteiger partial charge in [0.1, 0.15) is 0 Å². The Bertz CT molecular complexity index is 288. The first kappa shape index (κ1) is 10.1. The largest absolute Gasteiger partial charge is 0.366 e. The van der Waals surface area contributed by atoms with Crippen LogP contribution in [-0.4, -0.2) is 30.8 Å². The van der Waals surface area contributed by atoms with Crippen molar-refractivity contribution in [3.63, 3.8) is 0 Å². The zero-order valence-electron chi connectivity index (χ0n) is 10.4. The smallest absolute Gasteiger partial charge is 0.0992 e. The van der Waals surface area contributed by atoms with E-state index in [4.69, 9.17) is 4.74 Å². The van der Waals surface area contributed by atoms with Crippen molar-refractivity contribution in [2.45, 2.75) is 39.2 Å². The molecule has 4 aliphatic rings. The van der Waals surface area contributed by atoms with Crippen molar-refractivity contribution in [1.29, 1.82) is 0 Å². The molecular formula is C13H23NO. The van der Waals surface area contributed by atoms with Crippen LogP contribution in [0.3, 0.4) is 0 Å². The Morgan fingerprint density at radius 1 is 1.13 bits per heavy atom. The summed E-state index contributed by atoms with van der Waals surface area (Å²) in [6.45, 7) is 9.23. The highest BCUT2D eigenvalue weighted by Gasteiger charge is 2.64. The number of hydrogen-bond donors (Lipinski definition) is 0. The zero-order chi connectivity index (χ0) is 10.8. The highest BCUT2D eigenvalue weighted by molar-refractivity contribution is 5.16. The van der Waals surface area contributed by atoms with Gasteiger partial charge in [0.15, 0.2) is 0 Å². The minimum Gasteiger partial charge on any atom is -0.366 e. The predicted octanol–water partition coefficient (Wildman–Crippen LogP) is 2.35. The van der Waals surface area contributed by atoms with Crippen LogP contribution in [0.15, 0.2) is 0 Å². The Kier molecular flexibility index (Phi) is 1.87. The lowest BCUT2D eigenvalue weighted by atomic mass is 9.40. The lowest BCUT2D eigenvalue weighted by molar-refractivity contribution is -0.245. The van der Waals surface area contributed by atoms with Crippen molar-refractivity contribution in [3.05, 3.63) is 0 Å². The molecule has 86 valence electrons. The summed E-state index contributed by atoms with van der Waals surface area (Å²) in [6.07, 6.45) is 2.83. The molecule has 3 saturated carbocycles. The number of hydrogen-bond acceptors (Lipinski definition) is 2. The molecule has 0 unspecified atom stereocenters. The minimum absolute atomic E-state index is 0.399. The summed E-state index contributed by atoms with van der Waals surface area (Å²) in [7, 11) is 2.24.